The third kappa shape index (κ3) is 4.22. The molecule has 0 atom stereocenters. The predicted octanol–water partition coefficient (Wildman–Crippen LogP) is 3.20. The van der Waals surface area contributed by atoms with E-state index in [-0.39, 0.29) is 27.8 Å². The molecule has 0 aliphatic heterocycles. The van der Waals surface area contributed by atoms with Crippen molar-refractivity contribution in [3.05, 3.63) is 64.1 Å². The fourth-order valence-electron chi connectivity index (χ4n) is 1.81. The molecular formula is C15H13Cl2NO3S. The summed E-state index contributed by atoms with van der Waals surface area (Å²) in [5.74, 6) is -0.656. The third-order valence-corrected chi connectivity index (χ3v) is 5.23. The van der Waals surface area contributed by atoms with E-state index < -0.39 is 15.7 Å². The van der Waals surface area contributed by atoms with Gasteiger partial charge >= 0.3 is 0 Å². The van der Waals surface area contributed by atoms with E-state index in [0.717, 1.165) is 0 Å². The first-order valence-electron chi connectivity index (χ1n) is 6.41. The summed E-state index contributed by atoms with van der Waals surface area (Å²) >= 11 is 11.7. The van der Waals surface area contributed by atoms with Crippen molar-refractivity contribution in [3.63, 3.8) is 0 Å². The van der Waals surface area contributed by atoms with Crippen LogP contribution in [0.2, 0.25) is 10.0 Å². The van der Waals surface area contributed by atoms with Crippen LogP contribution < -0.4 is 5.32 Å². The minimum Gasteiger partial charge on any atom is -0.351 e. The molecule has 4 nitrogen and oxygen atoms in total. The maximum absolute atomic E-state index is 12.1. The van der Waals surface area contributed by atoms with Gasteiger partial charge in [0, 0.05) is 11.6 Å². The van der Waals surface area contributed by atoms with Crippen molar-refractivity contribution in [2.45, 2.75) is 4.90 Å². The molecule has 2 rings (SSSR count). The lowest BCUT2D eigenvalue weighted by Crippen LogP contribution is -2.29. The van der Waals surface area contributed by atoms with Crippen LogP contribution in [-0.4, -0.2) is 26.6 Å². The van der Waals surface area contributed by atoms with Gasteiger partial charge in [-0.25, -0.2) is 8.42 Å². The molecule has 0 spiro atoms. The molecule has 0 unspecified atom stereocenters. The lowest BCUT2D eigenvalue weighted by atomic mass is 10.2. The van der Waals surface area contributed by atoms with Gasteiger partial charge in [-0.05, 0) is 30.3 Å². The number of rotatable bonds is 5. The number of halogens is 2. The predicted molar refractivity (Wildman–Crippen MR) is 87.3 cm³/mol. The molecule has 0 radical (unpaired) electrons. The van der Waals surface area contributed by atoms with Gasteiger partial charge in [0.15, 0.2) is 9.84 Å². The van der Waals surface area contributed by atoms with Gasteiger partial charge in [-0.1, -0.05) is 41.4 Å². The molecule has 0 bridgehead atoms. The number of carbonyl (C=O) groups is 1. The minimum atomic E-state index is -3.43. The highest BCUT2D eigenvalue weighted by Gasteiger charge is 2.15. The lowest BCUT2D eigenvalue weighted by molar-refractivity contribution is 0.0956. The Labute approximate surface area is 139 Å². The van der Waals surface area contributed by atoms with E-state index in [1.54, 1.807) is 24.3 Å². The number of sulfone groups is 1. The number of carbonyl (C=O) groups excluding carboxylic acids is 1. The maximum atomic E-state index is 12.1. The number of amides is 1. The first-order valence-corrected chi connectivity index (χ1v) is 8.82. The third-order valence-electron chi connectivity index (χ3n) is 2.93. The molecule has 7 heteroatoms. The summed E-state index contributed by atoms with van der Waals surface area (Å²) in [4.78, 5) is 12.2. The van der Waals surface area contributed by atoms with Gasteiger partial charge in [0.05, 0.1) is 21.2 Å². The fraction of sp³-hybridized carbons (Fsp3) is 0.133. The Morgan fingerprint density at radius 1 is 1.05 bits per heavy atom. The van der Waals surface area contributed by atoms with Crippen molar-refractivity contribution in [2.75, 3.05) is 12.3 Å². The lowest BCUT2D eigenvalue weighted by Gasteiger charge is -2.08. The molecule has 22 heavy (non-hydrogen) atoms. The van der Waals surface area contributed by atoms with Gasteiger partial charge in [0.2, 0.25) is 0 Å². The quantitative estimate of drug-likeness (QED) is 0.893. The highest BCUT2D eigenvalue weighted by molar-refractivity contribution is 7.91. The Balaban J connectivity index is 1.99. The fourth-order valence-corrected chi connectivity index (χ4v) is 3.37. The molecule has 1 amide bonds. The molecule has 0 saturated carbocycles. The average molecular weight is 358 g/mol. The van der Waals surface area contributed by atoms with Gasteiger partial charge in [0.1, 0.15) is 0 Å². The zero-order valence-corrected chi connectivity index (χ0v) is 13.8. The van der Waals surface area contributed by atoms with Gasteiger partial charge in [-0.3, -0.25) is 4.79 Å². The molecule has 0 fully saturated rings. The van der Waals surface area contributed by atoms with Crippen molar-refractivity contribution < 1.29 is 13.2 Å². The van der Waals surface area contributed by atoms with Crippen molar-refractivity contribution in [2.24, 2.45) is 0 Å². The molecule has 0 aliphatic rings. The van der Waals surface area contributed by atoms with Crippen LogP contribution in [0.4, 0.5) is 0 Å². The van der Waals surface area contributed by atoms with Crippen LogP contribution in [-0.2, 0) is 9.84 Å². The Morgan fingerprint density at radius 2 is 1.73 bits per heavy atom. The summed E-state index contributed by atoms with van der Waals surface area (Å²) in [6.07, 6.45) is 0. The zero-order chi connectivity index (χ0) is 16.2. The summed E-state index contributed by atoms with van der Waals surface area (Å²) in [7, 11) is -3.43. The second-order valence-corrected chi connectivity index (χ2v) is 7.46. The van der Waals surface area contributed by atoms with E-state index in [4.69, 9.17) is 23.2 Å². The standard InChI is InChI=1S/C15H13Cl2NO3S/c16-11-6-7-14(17)13(10-11)15(19)18-8-9-22(20,21)12-4-2-1-3-5-12/h1-7,10H,8-9H2,(H,18,19). The normalized spacial score (nSPS) is 11.2. The van der Waals surface area contributed by atoms with E-state index in [0.29, 0.717) is 5.02 Å². The number of hydrogen-bond donors (Lipinski definition) is 1. The van der Waals surface area contributed by atoms with E-state index in [1.165, 1.54) is 24.3 Å². The summed E-state index contributed by atoms with van der Waals surface area (Å²) in [6, 6.07) is 12.6. The largest absolute Gasteiger partial charge is 0.351 e. The molecular weight excluding hydrogens is 345 g/mol. The maximum Gasteiger partial charge on any atom is 0.252 e. The van der Waals surface area contributed by atoms with Crippen LogP contribution in [0.1, 0.15) is 10.4 Å². The summed E-state index contributed by atoms with van der Waals surface area (Å²) < 4.78 is 24.1. The molecule has 1 N–H and O–H groups in total. The topological polar surface area (TPSA) is 63.2 Å². The van der Waals surface area contributed by atoms with Crippen molar-refractivity contribution in [1.82, 2.24) is 5.32 Å². The van der Waals surface area contributed by atoms with Crippen molar-refractivity contribution in [3.8, 4) is 0 Å². The van der Waals surface area contributed by atoms with Gasteiger partial charge in [-0.15, -0.1) is 0 Å². The molecule has 2 aromatic rings. The second-order valence-electron chi connectivity index (χ2n) is 4.51. The summed E-state index contributed by atoms with van der Waals surface area (Å²) in [5, 5.41) is 3.17. The van der Waals surface area contributed by atoms with Gasteiger partial charge < -0.3 is 5.32 Å². The van der Waals surface area contributed by atoms with Crippen LogP contribution in [0.3, 0.4) is 0 Å². The minimum absolute atomic E-state index is 0.0150. The van der Waals surface area contributed by atoms with Crippen LogP contribution in [0.25, 0.3) is 0 Å². The van der Waals surface area contributed by atoms with Gasteiger partial charge in [-0.2, -0.15) is 0 Å². The van der Waals surface area contributed by atoms with Crippen molar-refractivity contribution >= 4 is 38.9 Å². The van der Waals surface area contributed by atoms with Crippen LogP contribution in [0.15, 0.2) is 53.4 Å². The molecule has 116 valence electrons. The number of hydrogen-bond acceptors (Lipinski definition) is 3. The number of benzene rings is 2. The SMILES string of the molecule is O=C(NCCS(=O)(=O)c1ccccc1)c1cc(Cl)ccc1Cl. The average Bonchev–Trinajstić information content (AvgIpc) is 2.50. The van der Waals surface area contributed by atoms with Crippen molar-refractivity contribution in [1.29, 1.82) is 0 Å². The Kier molecular flexibility index (Phi) is 5.45. The highest BCUT2D eigenvalue weighted by atomic mass is 35.5. The van der Waals surface area contributed by atoms with Crippen LogP contribution in [0.5, 0.6) is 0 Å². The molecule has 0 heterocycles. The van der Waals surface area contributed by atoms with E-state index in [1.807, 2.05) is 0 Å². The summed E-state index contributed by atoms with van der Waals surface area (Å²) in [5.41, 5.74) is 0.214. The van der Waals surface area contributed by atoms with Crippen LogP contribution in [0, 0.1) is 0 Å². The van der Waals surface area contributed by atoms with Gasteiger partial charge in [0.25, 0.3) is 5.91 Å². The summed E-state index contributed by atoms with van der Waals surface area (Å²) in [6.45, 7) is -0.0150. The van der Waals surface area contributed by atoms with Crippen LogP contribution >= 0.6 is 23.2 Å². The number of nitrogens with one attached hydrogen (secondary N) is 1. The zero-order valence-electron chi connectivity index (χ0n) is 11.4. The molecule has 0 aromatic heterocycles. The van der Waals surface area contributed by atoms with E-state index in [9.17, 15) is 13.2 Å². The Bertz CT molecular complexity index is 777. The highest BCUT2D eigenvalue weighted by Crippen LogP contribution is 2.20. The first-order chi connectivity index (χ1) is 10.4. The Hall–Kier alpha value is -1.56. The van der Waals surface area contributed by atoms with E-state index in [2.05, 4.69) is 5.32 Å². The molecule has 2 aromatic carbocycles. The Morgan fingerprint density at radius 3 is 2.41 bits per heavy atom. The second kappa shape index (κ2) is 7.13. The van der Waals surface area contributed by atoms with E-state index >= 15 is 0 Å². The molecule has 0 saturated heterocycles. The molecule has 0 aliphatic carbocycles. The monoisotopic (exact) mass is 357 g/mol. The first kappa shape index (κ1) is 16.8. The smallest absolute Gasteiger partial charge is 0.252 e.